The molecule has 1 aliphatic carbocycles. The summed E-state index contributed by atoms with van der Waals surface area (Å²) in [6.45, 7) is 0.375. The topological polar surface area (TPSA) is 29.5 Å². The van der Waals surface area contributed by atoms with Crippen LogP contribution in [0.2, 0.25) is 0 Å². The van der Waals surface area contributed by atoms with Crippen LogP contribution >= 0.6 is 0 Å². The lowest BCUT2D eigenvalue weighted by atomic mass is 9.96. The van der Waals surface area contributed by atoms with Crippen molar-refractivity contribution >= 4 is 5.91 Å². The molecule has 0 saturated heterocycles. The number of fused-ring (bicyclic) bond motifs is 1. The number of rotatable bonds is 7. The first-order chi connectivity index (χ1) is 17.1. The van der Waals surface area contributed by atoms with Crippen molar-refractivity contribution in [1.82, 2.24) is 4.90 Å². The maximum Gasteiger partial charge on any atom is 0.227 e. The highest BCUT2D eigenvalue weighted by atomic mass is 19.1. The Morgan fingerprint density at radius 2 is 1.60 bits per heavy atom. The second kappa shape index (κ2) is 10.1. The molecular formula is C31H28FNO2. The number of carbonyl (C=O) groups excluding carboxylic acids is 1. The van der Waals surface area contributed by atoms with Crippen molar-refractivity contribution in [1.29, 1.82) is 0 Å². The van der Waals surface area contributed by atoms with E-state index >= 15 is 0 Å². The zero-order chi connectivity index (χ0) is 24.2. The molecule has 0 fully saturated rings. The highest BCUT2D eigenvalue weighted by molar-refractivity contribution is 5.83. The van der Waals surface area contributed by atoms with Gasteiger partial charge in [0.05, 0.1) is 13.5 Å². The molecule has 4 aromatic carbocycles. The van der Waals surface area contributed by atoms with E-state index in [2.05, 4.69) is 12.1 Å². The number of halogens is 1. The number of hydrogen-bond acceptors (Lipinski definition) is 2. The summed E-state index contributed by atoms with van der Waals surface area (Å²) in [5.74, 6) is 0.457. The molecule has 0 aromatic heterocycles. The summed E-state index contributed by atoms with van der Waals surface area (Å²) < 4.78 is 19.4. The normalized spacial score (nSPS) is 12.9. The van der Waals surface area contributed by atoms with Gasteiger partial charge in [-0.05, 0) is 70.5 Å². The summed E-state index contributed by atoms with van der Waals surface area (Å²) in [6.07, 6.45) is 1.85. The quantitative estimate of drug-likeness (QED) is 0.323. The van der Waals surface area contributed by atoms with E-state index in [9.17, 15) is 9.18 Å². The summed E-state index contributed by atoms with van der Waals surface area (Å²) in [5.41, 5.74) is 6.34. The molecule has 35 heavy (non-hydrogen) atoms. The Bertz CT molecular complexity index is 1310. The molecule has 4 aromatic rings. The first-order valence-electron chi connectivity index (χ1n) is 11.9. The van der Waals surface area contributed by atoms with Gasteiger partial charge in [-0.25, -0.2) is 4.39 Å². The molecule has 176 valence electrons. The Morgan fingerprint density at radius 3 is 2.29 bits per heavy atom. The molecular weight excluding hydrogens is 437 g/mol. The van der Waals surface area contributed by atoms with Crippen LogP contribution in [0, 0.1) is 5.82 Å². The second-order valence-corrected chi connectivity index (χ2v) is 9.05. The van der Waals surface area contributed by atoms with Gasteiger partial charge in [-0.2, -0.15) is 0 Å². The van der Waals surface area contributed by atoms with Gasteiger partial charge in [-0.1, -0.05) is 72.8 Å². The number of methoxy groups -OCH3 is 1. The molecule has 4 heteroatoms. The maximum absolute atomic E-state index is 14.0. The molecule has 0 saturated carbocycles. The van der Waals surface area contributed by atoms with Gasteiger partial charge in [0.15, 0.2) is 0 Å². The number of benzene rings is 4. The van der Waals surface area contributed by atoms with Crippen LogP contribution < -0.4 is 4.74 Å². The maximum atomic E-state index is 14.0. The molecule has 5 rings (SSSR count). The largest absolute Gasteiger partial charge is 0.497 e. The molecule has 0 N–H and O–H groups in total. The van der Waals surface area contributed by atoms with Crippen molar-refractivity contribution in [3.05, 3.63) is 125 Å². The van der Waals surface area contributed by atoms with Crippen molar-refractivity contribution in [2.75, 3.05) is 7.11 Å². The van der Waals surface area contributed by atoms with Crippen molar-refractivity contribution < 1.29 is 13.9 Å². The van der Waals surface area contributed by atoms with Gasteiger partial charge >= 0.3 is 0 Å². The Kier molecular flexibility index (Phi) is 6.62. The van der Waals surface area contributed by atoms with Crippen molar-refractivity contribution in [3.63, 3.8) is 0 Å². The smallest absolute Gasteiger partial charge is 0.227 e. The minimum Gasteiger partial charge on any atom is -0.497 e. The van der Waals surface area contributed by atoms with Gasteiger partial charge in [0.25, 0.3) is 0 Å². The van der Waals surface area contributed by atoms with Gasteiger partial charge in [0.2, 0.25) is 5.91 Å². The molecule has 0 atom stereocenters. The van der Waals surface area contributed by atoms with Gasteiger partial charge in [0, 0.05) is 12.6 Å². The highest BCUT2D eigenvalue weighted by Gasteiger charge is 2.30. The number of ether oxygens (including phenoxy) is 1. The summed E-state index contributed by atoms with van der Waals surface area (Å²) >= 11 is 0. The van der Waals surface area contributed by atoms with Crippen molar-refractivity contribution in [2.45, 2.75) is 31.8 Å². The van der Waals surface area contributed by atoms with E-state index in [0.717, 1.165) is 40.8 Å². The van der Waals surface area contributed by atoms with Crippen LogP contribution in [0.1, 0.15) is 22.3 Å². The van der Waals surface area contributed by atoms with E-state index in [4.69, 9.17) is 4.74 Å². The second-order valence-electron chi connectivity index (χ2n) is 9.05. The van der Waals surface area contributed by atoms with Crippen LogP contribution in [0.5, 0.6) is 5.75 Å². The molecule has 0 aliphatic heterocycles. The van der Waals surface area contributed by atoms with Gasteiger partial charge < -0.3 is 9.64 Å². The van der Waals surface area contributed by atoms with Gasteiger partial charge in [-0.15, -0.1) is 0 Å². The van der Waals surface area contributed by atoms with Crippen LogP contribution in [0.4, 0.5) is 4.39 Å². The minimum atomic E-state index is -0.288. The highest BCUT2D eigenvalue weighted by Crippen LogP contribution is 2.31. The van der Waals surface area contributed by atoms with Crippen molar-refractivity contribution in [2.24, 2.45) is 0 Å². The molecule has 0 heterocycles. The summed E-state index contributed by atoms with van der Waals surface area (Å²) in [6, 6.07) is 30.9. The number of hydrogen-bond donors (Lipinski definition) is 0. The average Bonchev–Trinajstić information content (AvgIpc) is 3.31. The van der Waals surface area contributed by atoms with Gasteiger partial charge in [-0.3, -0.25) is 4.79 Å². The summed E-state index contributed by atoms with van der Waals surface area (Å²) in [4.78, 5) is 15.8. The lowest BCUT2D eigenvalue weighted by Gasteiger charge is -2.30. The third-order valence-corrected chi connectivity index (χ3v) is 6.77. The number of carbonyl (C=O) groups is 1. The molecule has 0 bridgehead atoms. The van der Waals surface area contributed by atoms with E-state index in [1.165, 1.54) is 23.3 Å². The first kappa shape index (κ1) is 22.9. The van der Waals surface area contributed by atoms with Crippen LogP contribution in [0.15, 0.2) is 97.1 Å². The Morgan fingerprint density at radius 1 is 0.886 bits per heavy atom. The van der Waals surface area contributed by atoms with Crippen molar-refractivity contribution in [3.8, 4) is 16.9 Å². The Balaban J connectivity index is 1.47. The van der Waals surface area contributed by atoms with E-state index < -0.39 is 0 Å². The first-order valence-corrected chi connectivity index (χ1v) is 11.9. The van der Waals surface area contributed by atoms with Crippen LogP contribution in [0.3, 0.4) is 0 Å². The zero-order valence-electron chi connectivity index (χ0n) is 19.8. The Hall–Kier alpha value is -3.92. The molecule has 3 nitrogen and oxygen atoms in total. The minimum absolute atomic E-state index is 0.0255. The third-order valence-electron chi connectivity index (χ3n) is 6.77. The molecule has 1 aliphatic rings. The van der Waals surface area contributed by atoms with Crippen LogP contribution in [0.25, 0.3) is 11.1 Å². The van der Waals surface area contributed by atoms with Gasteiger partial charge in [0.1, 0.15) is 11.6 Å². The average molecular weight is 466 g/mol. The van der Waals surface area contributed by atoms with E-state index in [-0.39, 0.29) is 24.2 Å². The van der Waals surface area contributed by atoms with E-state index in [1.54, 1.807) is 13.2 Å². The predicted molar refractivity (Wildman–Crippen MR) is 137 cm³/mol. The molecule has 0 radical (unpaired) electrons. The monoisotopic (exact) mass is 465 g/mol. The standard InChI is InChI=1S/C31H28FNO2/c1-35-29-14-15-30(23-9-3-2-4-10-23)26(19-29)20-31(34)33(21-22-8-7-13-27(32)16-22)28-17-24-11-5-6-12-25(24)18-28/h2-16,19,28H,17-18,20-21H2,1H3. The fraction of sp³-hybridized carbons (Fsp3) is 0.194. The zero-order valence-corrected chi connectivity index (χ0v) is 19.8. The lowest BCUT2D eigenvalue weighted by Crippen LogP contribution is -2.41. The third kappa shape index (κ3) is 5.12. The van der Waals surface area contributed by atoms with Crippen LogP contribution in [-0.2, 0) is 30.6 Å². The SMILES string of the molecule is COc1ccc(-c2ccccc2)c(CC(=O)N(Cc2cccc(F)c2)C2Cc3ccccc3C2)c1. The summed E-state index contributed by atoms with van der Waals surface area (Å²) in [5, 5.41) is 0. The lowest BCUT2D eigenvalue weighted by molar-refractivity contribution is -0.133. The Labute approximate surface area is 205 Å². The fourth-order valence-corrected chi connectivity index (χ4v) is 5.02. The molecule has 0 spiro atoms. The summed E-state index contributed by atoms with van der Waals surface area (Å²) in [7, 11) is 1.63. The number of nitrogens with zero attached hydrogens (tertiary/aromatic N) is 1. The molecule has 1 amide bonds. The predicted octanol–water partition coefficient (Wildman–Crippen LogP) is 6.24. The van der Waals surface area contributed by atoms with Crippen LogP contribution in [-0.4, -0.2) is 24.0 Å². The fourth-order valence-electron chi connectivity index (χ4n) is 5.02. The van der Waals surface area contributed by atoms with E-state index in [1.807, 2.05) is 71.6 Å². The molecule has 0 unspecified atom stereocenters. The van der Waals surface area contributed by atoms with E-state index in [0.29, 0.717) is 6.54 Å². The number of amides is 1.